The van der Waals surface area contributed by atoms with Gasteiger partial charge in [-0.3, -0.25) is 0 Å². The fourth-order valence-electron chi connectivity index (χ4n) is 2.94. The molecule has 0 unspecified atom stereocenters. The Morgan fingerprint density at radius 1 is 0.714 bits per heavy atom. The molecule has 0 saturated heterocycles. The first kappa shape index (κ1) is 15.0. The Labute approximate surface area is 95.8 Å². The molecule has 0 saturated carbocycles. The minimum atomic E-state index is -1.67. The fourth-order valence-corrected chi connectivity index (χ4v) is 39.8. The average molecular weight is 321 g/mol. The van der Waals surface area contributed by atoms with Gasteiger partial charge in [0.15, 0.2) is 0 Å². The van der Waals surface area contributed by atoms with E-state index in [1.54, 1.807) is 13.3 Å². The summed E-state index contributed by atoms with van der Waals surface area (Å²) in [6, 6.07) is 0. The Morgan fingerprint density at radius 3 is 1.14 bits per heavy atom. The maximum atomic E-state index is 2.66. The molecule has 0 atom stereocenters. The normalized spacial score (nSPS) is 13.3. The van der Waals surface area contributed by atoms with E-state index in [9.17, 15) is 0 Å². The Hall–Kier alpha value is 1.02. The van der Waals surface area contributed by atoms with Crippen molar-refractivity contribution in [2.45, 2.75) is 73.0 Å². The maximum absolute atomic E-state index is 2.66. The zero-order valence-electron chi connectivity index (χ0n) is 11.2. The van der Waals surface area contributed by atoms with Gasteiger partial charge in [0.2, 0.25) is 0 Å². The molecule has 0 nitrogen and oxygen atoms in total. The molecule has 0 spiro atoms. The van der Waals surface area contributed by atoms with Gasteiger partial charge in [-0.05, 0) is 0 Å². The van der Waals surface area contributed by atoms with E-state index in [1.165, 1.54) is 19.3 Å². The van der Waals surface area contributed by atoms with Crippen LogP contribution in [0.3, 0.4) is 0 Å². The monoisotopic (exact) mass is 322 g/mol. The molecule has 0 bridgehead atoms. The summed E-state index contributed by atoms with van der Waals surface area (Å²) in [6.45, 7) is 15.2. The Bertz CT molecular complexity index is 132. The van der Waals surface area contributed by atoms with Gasteiger partial charge in [-0.1, -0.05) is 0 Å². The van der Waals surface area contributed by atoms with Crippen molar-refractivity contribution in [1.82, 2.24) is 0 Å². The Morgan fingerprint density at radius 2 is 1.00 bits per heavy atom. The predicted octanol–water partition coefficient (Wildman–Crippen LogP) is 5.08. The van der Waals surface area contributed by atoms with Gasteiger partial charge in [-0.25, -0.2) is 0 Å². The summed E-state index contributed by atoms with van der Waals surface area (Å²) in [7, 11) is 0. The van der Waals surface area contributed by atoms with Crippen molar-refractivity contribution < 1.29 is 0 Å². The molecule has 0 radical (unpaired) electrons. The molecule has 0 aromatic carbocycles. The van der Waals surface area contributed by atoms with Gasteiger partial charge in [0.05, 0.1) is 0 Å². The van der Waals surface area contributed by atoms with Crippen molar-refractivity contribution in [2.24, 2.45) is 0 Å². The van der Waals surface area contributed by atoms with Crippen molar-refractivity contribution in [1.29, 1.82) is 0 Å². The fraction of sp³-hybridized carbons (Fsp3) is 1.00. The van der Waals surface area contributed by atoms with E-state index in [0.717, 1.165) is 0 Å². The zero-order valence-corrected chi connectivity index (χ0v) is 15.1. The second-order valence-electron chi connectivity index (χ2n) is 5.78. The van der Waals surface area contributed by atoms with Crippen LogP contribution in [0, 0.1) is 0 Å². The molecule has 0 aromatic heterocycles. The standard InChI is InChI=1S/C3H9Si.3C3H7.Sn/c1-4(2)3;3*1-3-2;/h1-3H3;3*1,3H2,2H3;. The van der Waals surface area contributed by atoms with Crippen LogP contribution in [0.4, 0.5) is 0 Å². The summed E-state index contributed by atoms with van der Waals surface area (Å²) in [4.78, 5) is 0. The van der Waals surface area contributed by atoms with Gasteiger partial charge in [0, 0.05) is 0 Å². The van der Waals surface area contributed by atoms with Crippen LogP contribution in [0.15, 0.2) is 0 Å². The van der Waals surface area contributed by atoms with Crippen LogP contribution in [0.25, 0.3) is 0 Å². The summed E-state index contributed by atoms with van der Waals surface area (Å²) in [5.41, 5.74) is -0.790. The van der Waals surface area contributed by atoms with Crippen LogP contribution >= 0.6 is 0 Å². The summed E-state index contributed by atoms with van der Waals surface area (Å²) in [5.74, 6) is 0. The third-order valence-electron chi connectivity index (χ3n) is 3.78. The molecule has 0 fully saturated rings. The summed E-state index contributed by atoms with van der Waals surface area (Å²) in [5, 5.41) is 0. The van der Waals surface area contributed by atoms with Crippen molar-refractivity contribution in [3.05, 3.63) is 0 Å². The number of hydrogen-bond donors (Lipinski definition) is 0. The van der Waals surface area contributed by atoms with Crippen LogP contribution < -0.4 is 0 Å². The third-order valence-corrected chi connectivity index (χ3v) is 51.7. The molecule has 2 heteroatoms. The van der Waals surface area contributed by atoms with E-state index in [1.807, 2.05) is 0 Å². The van der Waals surface area contributed by atoms with Crippen molar-refractivity contribution >= 4 is 23.2 Å². The van der Waals surface area contributed by atoms with Gasteiger partial charge in [-0.2, -0.15) is 0 Å². The average Bonchev–Trinajstić information content (AvgIpc) is 2.03. The predicted molar refractivity (Wildman–Crippen MR) is 74.4 cm³/mol. The van der Waals surface area contributed by atoms with Crippen molar-refractivity contribution in [3.63, 3.8) is 0 Å². The van der Waals surface area contributed by atoms with E-state index in [-0.39, 0.29) is 0 Å². The van der Waals surface area contributed by atoms with Crippen LogP contribution in [0.5, 0.6) is 0 Å². The van der Waals surface area contributed by atoms with Gasteiger partial charge in [0.25, 0.3) is 0 Å². The van der Waals surface area contributed by atoms with E-state index in [0.29, 0.717) is 0 Å². The molecule has 0 aliphatic heterocycles. The van der Waals surface area contributed by atoms with Gasteiger partial charge < -0.3 is 0 Å². The van der Waals surface area contributed by atoms with E-state index >= 15 is 0 Å². The van der Waals surface area contributed by atoms with Crippen LogP contribution in [-0.4, -0.2) is 23.2 Å². The van der Waals surface area contributed by atoms with Crippen molar-refractivity contribution in [3.8, 4) is 0 Å². The first-order valence-electron chi connectivity index (χ1n) is 6.43. The van der Waals surface area contributed by atoms with Crippen LogP contribution in [-0.2, 0) is 0 Å². The Balaban J connectivity index is 4.73. The molecule has 14 heavy (non-hydrogen) atoms. The first-order chi connectivity index (χ1) is 6.43. The molecule has 0 amide bonds. The zero-order chi connectivity index (χ0) is 11.2. The molecule has 86 valence electrons. The van der Waals surface area contributed by atoms with Gasteiger partial charge >= 0.3 is 96.2 Å². The number of hydrogen-bond acceptors (Lipinski definition) is 0. The molecular weight excluding hydrogens is 291 g/mol. The van der Waals surface area contributed by atoms with E-state index in [4.69, 9.17) is 0 Å². The van der Waals surface area contributed by atoms with Crippen molar-refractivity contribution in [2.75, 3.05) is 0 Å². The summed E-state index contributed by atoms with van der Waals surface area (Å²) >= 11 is -1.67. The molecule has 0 rings (SSSR count). The quantitative estimate of drug-likeness (QED) is 0.574. The van der Waals surface area contributed by atoms with Crippen LogP contribution in [0.2, 0.25) is 33.0 Å². The molecule has 0 aromatic rings. The SMILES string of the molecule is CC[CH2][Sn]([CH2]CC)([CH2]CC)[Si](C)(C)C. The molecule has 0 N–H and O–H groups in total. The minimum absolute atomic E-state index is 0.790. The third kappa shape index (κ3) is 3.88. The van der Waals surface area contributed by atoms with Gasteiger partial charge in [-0.15, -0.1) is 0 Å². The summed E-state index contributed by atoms with van der Waals surface area (Å²) < 4.78 is 5.02. The molecule has 0 aliphatic carbocycles. The molecular formula is C12H30SiSn. The molecule has 0 heterocycles. The molecule has 0 aliphatic rings. The van der Waals surface area contributed by atoms with Gasteiger partial charge in [0.1, 0.15) is 0 Å². The summed E-state index contributed by atoms with van der Waals surface area (Å²) in [6.07, 6.45) is 4.38. The first-order valence-corrected chi connectivity index (χ1v) is 20.3. The van der Waals surface area contributed by atoms with E-state index in [2.05, 4.69) is 40.4 Å². The Kier molecular flexibility index (Phi) is 7.04. The number of rotatable bonds is 7. The topological polar surface area (TPSA) is 0 Å². The van der Waals surface area contributed by atoms with Crippen LogP contribution in [0.1, 0.15) is 40.0 Å². The second-order valence-corrected chi connectivity index (χ2v) is 41.8. The second kappa shape index (κ2) is 6.57. The van der Waals surface area contributed by atoms with E-state index < -0.39 is 23.2 Å².